The summed E-state index contributed by atoms with van der Waals surface area (Å²) in [6.07, 6.45) is 14.1. The van der Waals surface area contributed by atoms with Gasteiger partial charge in [0.15, 0.2) is 0 Å². The van der Waals surface area contributed by atoms with Crippen LogP contribution in [0.5, 0.6) is 0 Å². The lowest BCUT2D eigenvalue weighted by atomic mass is 9.76. The Morgan fingerprint density at radius 2 is 1.58 bits per heavy atom. The van der Waals surface area contributed by atoms with E-state index in [1.165, 1.54) is 89.8 Å². The fourth-order valence-electron chi connectivity index (χ4n) is 6.52. The highest BCUT2D eigenvalue weighted by Gasteiger charge is 2.45. The van der Waals surface area contributed by atoms with Gasteiger partial charge in [0.25, 0.3) is 0 Å². The normalized spacial score (nSPS) is 24.2. The second-order valence-electron chi connectivity index (χ2n) is 11.1. The largest absolute Gasteiger partial charge is 0.381 e. The molecule has 2 saturated carbocycles. The predicted octanol–water partition coefficient (Wildman–Crippen LogP) is 6.08. The maximum absolute atomic E-state index is 5.61. The summed E-state index contributed by atoms with van der Waals surface area (Å²) in [7, 11) is 1.87. The molecule has 0 amide bonds. The number of unbranched alkanes of at least 4 members (excludes halogenated alkanes) is 1. The molecule has 2 saturated heterocycles. The Kier molecular flexibility index (Phi) is 8.51. The molecule has 0 N–H and O–H groups in total. The number of nitrogens with zero attached hydrogens (tertiary/aromatic N) is 3. The van der Waals surface area contributed by atoms with Gasteiger partial charge >= 0.3 is 0 Å². The summed E-state index contributed by atoms with van der Waals surface area (Å²) in [6.45, 7) is 10.6. The molecule has 0 atom stereocenters. The predicted molar refractivity (Wildman–Crippen MR) is 142 cm³/mol. The fourth-order valence-corrected chi connectivity index (χ4v) is 6.52. The molecule has 33 heavy (non-hydrogen) atoms. The molecule has 4 nitrogen and oxygen atoms in total. The molecule has 0 unspecified atom stereocenters. The molecule has 4 fully saturated rings. The Morgan fingerprint density at radius 1 is 0.879 bits per heavy atom. The van der Waals surface area contributed by atoms with Crippen LogP contribution < -0.4 is 9.80 Å². The van der Waals surface area contributed by atoms with Crippen molar-refractivity contribution in [1.82, 2.24) is 4.90 Å². The van der Waals surface area contributed by atoms with Crippen LogP contribution in [0.1, 0.15) is 82.6 Å². The highest BCUT2D eigenvalue weighted by molar-refractivity contribution is 5.85. The number of rotatable bonds is 7. The molecule has 0 bridgehead atoms. The summed E-state index contributed by atoms with van der Waals surface area (Å²) in [6, 6.07) is 7.50. The summed E-state index contributed by atoms with van der Waals surface area (Å²) in [5.41, 5.74) is 5.43. The van der Waals surface area contributed by atoms with E-state index in [1.807, 2.05) is 7.11 Å². The lowest BCUT2D eigenvalue weighted by molar-refractivity contribution is 0.0819. The first kappa shape index (κ1) is 25.1. The molecule has 0 radical (unpaired) electrons. The van der Waals surface area contributed by atoms with Gasteiger partial charge in [-0.1, -0.05) is 13.3 Å². The molecule has 0 aromatic heterocycles. The number of benzene rings is 1. The average molecular weight is 476 g/mol. The molecule has 4 aliphatic rings. The summed E-state index contributed by atoms with van der Waals surface area (Å²) in [4.78, 5) is 7.99. The third-order valence-electron chi connectivity index (χ3n) is 9.14. The number of halogens is 1. The van der Waals surface area contributed by atoms with Crippen molar-refractivity contribution in [3.05, 3.63) is 23.8 Å². The van der Waals surface area contributed by atoms with E-state index in [9.17, 15) is 0 Å². The maximum atomic E-state index is 5.61. The van der Waals surface area contributed by atoms with Crippen LogP contribution in [-0.2, 0) is 4.74 Å². The van der Waals surface area contributed by atoms with Crippen molar-refractivity contribution >= 4 is 23.8 Å². The molecule has 1 aromatic carbocycles. The van der Waals surface area contributed by atoms with E-state index in [2.05, 4.69) is 39.8 Å². The number of hydrogen-bond acceptors (Lipinski definition) is 4. The Morgan fingerprint density at radius 3 is 2.18 bits per heavy atom. The number of piperazine rings is 1. The number of piperidine rings is 1. The van der Waals surface area contributed by atoms with Gasteiger partial charge in [-0.25, -0.2) is 0 Å². The summed E-state index contributed by atoms with van der Waals surface area (Å²) in [5.74, 6) is 0.755. The summed E-state index contributed by atoms with van der Waals surface area (Å²) in [5, 5.41) is 0. The molecule has 1 spiro atoms. The van der Waals surface area contributed by atoms with Gasteiger partial charge in [-0.3, -0.25) is 4.90 Å². The SMILES string of the molecule is CCCCN1CCN(c2ccc(N3CCC(OC)CC3)cc2C2CCC3(CC2)CC3)CC1.Cl. The van der Waals surface area contributed by atoms with Crippen LogP contribution in [0.3, 0.4) is 0 Å². The maximum Gasteiger partial charge on any atom is 0.0605 e. The van der Waals surface area contributed by atoms with Crippen molar-refractivity contribution < 1.29 is 4.74 Å². The molecule has 5 heteroatoms. The highest BCUT2D eigenvalue weighted by Crippen LogP contribution is 2.59. The molecule has 2 aliphatic carbocycles. The van der Waals surface area contributed by atoms with Crippen molar-refractivity contribution in [3.8, 4) is 0 Å². The number of anilines is 2. The van der Waals surface area contributed by atoms with Crippen LogP contribution in [0.2, 0.25) is 0 Å². The molecule has 5 rings (SSSR count). The Hall–Kier alpha value is -0.970. The Labute approximate surface area is 208 Å². The van der Waals surface area contributed by atoms with E-state index in [4.69, 9.17) is 4.74 Å². The van der Waals surface area contributed by atoms with Crippen molar-refractivity contribution in [1.29, 1.82) is 0 Å². The van der Waals surface area contributed by atoms with Crippen molar-refractivity contribution in [3.63, 3.8) is 0 Å². The Balaban J connectivity index is 0.00000259. The van der Waals surface area contributed by atoms with Crippen molar-refractivity contribution in [2.45, 2.75) is 83.2 Å². The van der Waals surface area contributed by atoms with Gasteiger partial charge in [-0.2, -0.15) is 0 Å². The van der Waals surface area contributed by atoms with Crippen LogP contribution in [0.15, 0.2) is 18.2 Å². The van der Waals surface area contributed by atoms with E-state index in [0.29, 0.717) is 6.10 Å². The van der Waals surface area contributed by atoms with E-state index < -0.39 is 0 Å². The van der Waals surface area contributed by atoms with Gasteiger partial charge in [0, 0.05) is 57.8 Å². The first-order valence-corrected chi connectivity index (χ1v) is 13.6. The molecular formula is C28H46ClN3O. The smallest absolute Gasteiger partial charge is 0.0605 e. The minimum Gasteiger partial charge on any atom is -0.381 e. The molecule has 2 aliphatic heterocycles. The zero-order valence-corrected chi connectivity index (χ0v) is 21.9. The third kappa shape index (κ3) is 5.82. The van der Waals surface area contributed by atoms with Gasteiger partial charge < -0.3 is 14.5 Å². The van der Waals surface area contributed by atoms with E-state index in [0.717, 1.165) is 37.3 Å². The summed E-state index contributed by atoms with van der Waals surface area (Å²) < 4.78 is 5.61. The second kappa shape index (κ2) is 11.2. The van der Waals surface area contributed by atoms with Gasteiger partial charge in [0.05, 0.1) is 6.10 Å². The van der Waals surface area contributed by atoms with Crippen molar-refractivity contribution in [2.75, 3.05) is 62.7 Å². The first-order chi connectivity index (χ1) is 15.7. The van der Waals surface area contributed by atoms with E-state index in [1.54, 1.807) is 11.3 Å². The van der Waals surface area contributed by atoms with E-state index >= 15 is 0 Å². The Bertz CT molecular complexity index is 742. The van der Waals surface area contributed by atoms with Crippen LogP contribution in [0, 0.1) is 5.41 Å². The van der Waals surface area contributed by atoms with E-state index in [-0.39, 0.29) is 12.4 Å². The second-order valence-corrected chi connectivity index (χ2v) is 11.1. The standard InChI is InChI=1S/C28H45N3O.ClH/c1-3-4-15-29-18-20-31(21-19-29)27-6-5-24(30-16-9-25(32-2)10-17-30)22-26(27)23-7-11-28(12-8-23)13-14-28;/h5-6,22-23,25H,3-4,7-21H2,1-2H3;1H. The highest BCUT2D eigenvalue weighted by atomic mass is 35.5. The van der Waals surface area contributed by atoms with Crippen LogP contribution >= 0.6 is 12.4 Å². The number of methoxy groups -OCH3 is 1. The van der Waals surface area contributed by atoms with Gasteiger partial charge in [-0.15, -0.1) is 12.4 Å². The molecule has 2 heterocycles. The zero-order valence-electron chi connectivity index (χ0n) is 21.1. The number of ether oxygens (including phenoxy) is 1. The molecule has 186 valence electrons. The van der Waals surface area contributed by atoms with Crippen LogP contribution in [0.4, 0.5) is 11.4 Å². The lowest BCUT2D eigenvalue weighted by Gasteiger charge is -2.40. The van der Waals surface area contributed by atoms with Gasteiger partial charge in [0.2, 0.25) is 0 Å². The molecular weight excluding hydrogens is 430 g/mol. The van der Waals surface area contributed by atoms with Crippen LogP contribution in [0.25, 0.3) is 0 Å². The first-order valence-electron chi connectivity index (χ1n) is 13.6. The fraction of sp³-hybridized carbons (Fsp3) is 0.786. The molecule has 1 aromatic rings. The lowest BCUT2D eigenvalue weighted by Crippen LogP contribution is -2.47. The zero-order chi connectivity index (χ0) is 22.0. The quantitative estimate of drug-likeness (QED) is 0.475. The monoisotopic (exact) mass is 475 g/mol. The third-order valence-corrected chi connectivity index (χ3v) is 9.14. The summed E-state index contributed by atoms with van der Waals surface area (Å²) >= 11 is 0. The minimum atomic E-state index is 0. The average Bonchev–Trinajstić information content (AvgIpc) is 3.62. The van der Waals surface area contributed by atoms with Crippen molar-refractivity contribution in [2.24, 2.45) is 5.41 Å². The van der Waals surface area contributed by atoms with Crippen LogP contribution in [-0.4, -0.2) is 63.9 Å². The minimum absolute atomic E-state index is 0. The van der Waals surface area contributed by atoms with Gasteiger partial charge in [-0.05, 0) is 99.4 Å². The topological polar surface area (TPSA) is 19.0 Å². The number of hydrogen-bond donors (Lipinski definition) is 0. The van der Waals surface area contributed by atoms with Gasteiger partial charge in [0.1, 0.15) is 0 Å².